The minimum atomic E-state index is -0.630. The van der Waals surface area contributed by atoms with E-state index in [0.717, 1.165) is 41.9 Å². The zero-order valence-corrected chi connectivity index (χ0v) is 18.6. The molecule has 1 saturated heterocycles. The summed E-state index contributed by atoms with van der Waals surface area (Å²) < 4.78 is 0. The Morgan fingerprint density at radius 2 is 1.80 bits per heavy atom. The van der Waals surface area contributed by atoms with Crippen LogP contribution in [0.15, 0.2) is 41.8 Å². The maximum atomic E-state index is 12.4. The standard InChI is InChI=1S/C23H32N4O2S/c1-16-10-17(2)14-27(13-16)15-19-7-5-18(6-8-19)12-25-22(28)11-20(26-23(24)29)21-4-3-9-30-21/h3-9,16-17,20H,10-15H2,1-2H3,(H,25,28)(H3,24,26,29). The average molecular weight is 429 g/mol. The third-order valence-electron chi connectivity index (χ3n) is 5.46. The van der Waals surface area contributed by atoms with Crippen molar-refractivity contribution in [2.45, 2.75) is 45.8 Å². The van der Waals surface area contributed by atoms with Crippen LogP contribution in [0.3, 0.4) is 0 Å². The van der Waals surface area contributed by atoms with E-state index in [1.54, 1.807) is 0 Å². The van der Waals surface area contributed by atoms with Crippen molar-refractivity contribution in [3.05, 3.63) is 57.8 Å². The van der Waals surface area contributed by atoms with Crippen LogP contribution in [-0.2, 0) is 17.9 Å². The smallest absolute Gasteiger partial charge is 0.312 e. The molecule has 1 aromatic heterocycles. The monoisotopic (exact) mass is 428 g/mol. The van der Waals surface area contributed by atoms with Crippen LogP contribution in [0.5, 0.6) is 0 Å². The summed E-state index contributed by atoms with van der Waals surface area (Å²) >= 11 is 1.49. The molecule has 30 heavy (non-hydrogen) atoms. The summed E-state index contributed by atoms with van der Waals surface area (Å²) in [6.07, 6.45) is 1.48. The number of nitrogens with zero attached hydrogens (tertiary/aromatic N) is 1. The third-order valence-corrected chi connectivity index (χ3v) is 6.44. The summed E-state index contributed by atoms with van der Waals surface area (Å²) in [6, 6.07) is 11.2. The number of amides is 3. The number of carbonyl (C=O) groups excluding carboxylic acids is 2. The molecule has 4 N–H and O–H groups in total. The van der Waals surface area contributed by atoms with Crippen molar-refractivity contribution in [2.75, 3.05) is 13.1 Å². The van der Waals surface area contributed by atoms with Gasteiger partial charge in [-0.15, -0.1) is 11.3 Å². The number of hydrogen-bond donors (Lipinski definition) is 3. The lowest BCUT2D eigenvalue weighted by molar-refractivity contribution is -0.121. The average Bonchev–Trinajstić information content (AvgIpc) is 3.20. The van der Waals surface area contributed by atoms with Crippen molar-refractivity contribution in [3.63, 3.8) is 0 Å². The first-order valence-corrected chi connectivity index (χ1v) is 11.4. The van der Waals surface area contributed by atoms with E-state index in [1.165, 1.54) is 23.3 Å². The van der Waals surface area contributed by atoms with Gasteiger partial charge in [-0.05, 0) is 40.8 Å². The van der Waals surface area contributed by atoms with Crippen LogP contribution in [0.1, 0.15) is 48.7 Å². The normalized spacial score (nSPS) is 20.5. The lowest BCUT2D eigenvalue weighted by Gasteiger charge is -2.35. The van der Waals surface area contributed by atoms with Crippen LogP contribution in [0, 0.1) is 11.8 Å². The van der Waals surface area contributed by atoms with E-state index < -0.39 is 12.1 Å². The van der Waals surface area contributed by atoms with E-state index in [0.29, 0.717) is 6.54 Å². The van der Waals surface area contributed by atoms with Crippen LogP contribution in [0.4, 0.5) is 4.79 Å². The van der Waals surface area contributed by atoms with Gasteiger partial charge in [0.1, 0.15) is 0 Å². The van der Waals surface area contributed by atoms with Gasteiger partial charge in [-0.3, -0.25) is 9.69 Å². The lowest BCUT2D eigenvalue weighted by Crippen LogP contribution is -2.38. The van der Waals surface area contributed by atoms with Gasteiger partial charge in [0.2, 0.25) is 5.91 Å². The zero-order chi connectivity index (χ0) is 21.5. The van der Waals surface area contributed by atoms with Crippen LogP contribution >= 0.6 is 11.3 Å². The Morgan fingerprint density at radius 3 is 2.40 bits per heavy atom. The number of piperidine rings is 1. The predicted octanol–water partition coefficient (Wildman–Crippen LogP) is 3.64. The van der Waals surface area contributed by atoms with Crippen molar-refractivity contribution >= 4 is 23.3 Å². The molecule has 3 unspecified atom stereocenters. The second-order valence-corrected chi connectivity index (χ2v) is 9.49. The van der Waals surface area contributed by atoms with E-state index in [9.17, 15) is 9.59 Å². The van der Waals surface area contributed by atoms with E-state index in [4.69, 9.17) is 5.73 Å². The molecule has 7 heteroatoms. The topological polar surface area (TPSA) is 87.5 Å². The summed E-state index contributed by atoms with van der Waals surface area (Å²) in [6.45, 7) is 8.42. The third kappa shape index (κ3) is 6.85. The van der Waals surface area contributed by atoms with Gasteiger partial charge in [-0.25, -0.2) is 4.79 Å². The first kappa shape index (κ1) is 22.3. The molecule has 1 aliphatic rings. The van der Waals surface area contributed by atoms with Crippen molar-refractivity contribution in [3.8, 4) is 0 Å². The maximum absolute atomic E-state index is 12.4. The summed E-state index contributed by atoms with van der Waals surface area (Å²) in [7, 11) is 0. The van der Waals surface area contributed by atoms with E-state index in [2.05, 4.69) is 53.6 Å². The van der Waals surface area contributed by atoms with Crippen LogP contribution < -0.4 is 16.4 Å². The number of likely N-dealkylation sites (tertiary alicyclic amines) is 1. The molecule has 3 amide bonds. The van der Waals surface area contributed by atoms with E-state index >= 15 is 0 Å². The molecular weight excluding hydrogens is 396 g/mol. The number of rotatable bonds is 8. The molecule has 1 aliphatic heterocycles. The van der Waals surface area contributed by atoms with Gasteiger partial charge < -0.3 is 16.4 Å². The molecule has 162 valence electrons. The maximum Gasteiger partial charge on any atom is 0.312 e. The number of nitrogens with two attached hydrogens (primary N) is 1. The Morgan fingerprint density at radius 1 is 1.13 bits per heavy atom. The number of benzene rings is 1. The van der Waals surface area contributed by atoms with Crippen molar-refractivity contribution in [2.24, 2.45) is 17.6 Å². The van der Waals surface area contributed by atoms with Crippen LogP contribution in [0.2, 0.25) is 0 Å². The van der Waals surface area contributed by atoms with Crippen LogP contribution in [0.25, 0.3) is 0 Å². The molecule has 1 aromatic carbocycles. The molecule has 6 nitrogen and oxygen atoms in total. The second-order valence-electron chi connectivity index (χ2n) is 8.51. The summed E-state index contributed by atoms with van der Waals surface area (Å²) in [5.74, 6) is 1.39. The van der Waals surface area contributed by atoms with Gasteiger partial charge in [0, 0.05) is 31.1 Å². The fourth-order valence-electron chi connectivity index (χ4n) is 4.28. The quantitative estimate of drug-likeness (QED) is 0.600. The Kier molecular flexibility index (Phi) is 7.87. The highest BCUT2D eigenvalue weighted by Crippen LogP contribution is 2.23. The zero-order valence-electron chi connectivity index (χ0n) is 17.8. The number of carbonyl (C=O) groups is 2. The van der Waals surface area contributed by atoms with Crippen molar-refractivity contribution < 1.29 is 9.59 Å². The Bertz CT molecular complexity index is 812. The molecular formula is C23H32N4O2S. The first-order chi connectivity index (χ1) is 14.4. The molecule has 0 bridgehead atoms. The second kappa shape index (κ2) is 10.6. The number of urea groups is 1. The van der Waals surface area contributed by atoms with Gasteiger partial charge >= 0.3 is 6.03 Å². The van der Waals surface area contributed by atoms with Gasteiger partial charge in [0.05, 0.1) is 12.5 Å². The Hall–Kier alpha value is -2.38. The molecule has 3 rings (SSSR count). The molecule has 0 spiro atoms. The minimum absolute atomic E-state index is 0.123. The number of hydrogen-bond acceptors (Lipinski definition) is 4. The number of primary amides is 1. The van der Waals surface area contributed by atoms with Crippen molar-refractivity contribution in [1.29, 1.82) is 0 Å². The molecule has 0 saturated carbocycles. The fourth-order valence-corrected chi connectivity index (χ4v) is 5.06. The summed E-state index contributed by atoms with van der Waals surface area (Å²) in [5.41, 5.74) is 7.61. The van der Waals surface area contributed by atoms with Gasteiger partial charge in [-0.1, -0.05) is 44.2 Å². The highest BCUT2D eigenvalue weighted by molar-refractivity contribution is 7.10. The Labute approximate surface area is 182 Å². The number of nitrogens with one attached hydrogen (secondary N) is 2. The molecule has 0 aliphatic carbocycles. The van der Waals surface area contributed by atoms with E-state index in [1.807, 2.05) is 17.5 Å². The van der Waals surface area contributed by atoms with Crippen molar-refractivity contribution in [1.82, 2.24) is 15.5 Å². The largest absolute Gasteiger partial charge is 0.352 e. The van der Waals surface area contributed by atoms with Gasteiger partial charge in [0.15, 0.2) is 0 Å². The molecule has 2 aromatic rings. The van der Waals surface area contributed by atoms with E-state index in [-0.39, 0.29) is 12.3 Å². The highest BCUT2D eigenvalue weighted by atomic mass is 32.1. The number of thiophene rings is 1. The fraction of sp³-hybridized carbons (Fsp3) is 0.478. The minimum Gasteiger partial charge on any atom is -0.352 e. The summed E-state index contributed by atoms with van der Waals surface area (Å²) in [5, 5.41) is 7.50. The first-order valence-electron chi connectivity index (χ1n) is 10.5. The molecule has 1 fully saturated rings. The predicted molar refractivity (Wildman–Crippen MR) is 121 cm³/mol. The molecule has 3 atom stereocenters. The highest BCUT2D eigenvalue weighted by Gasteiger charge is 2.21. The van der Waals surface area contributed by atoms with Gasteiger partial charge in [0.25, 0.3) is 0 Å². The Balaban J connectivity index is 1.48. The van der Waals surface area contributed by atoms with Crippen LogP contribution in [-0.4, -0.2) is 29.9 Å². The molecule has 0 radical (unpaired) electrons. The summed E-state index contributed by atoms with van der Waals surface area (Å²) in [4.78, 5) is 27.1. The van der Waals surface area contributed by atoms with Gasteiger partial charge in [-0.2, -0.15) is 0 Å². The molecule has 2 heterocycles. The SMILES string of the molecule is CC1CC(C)CN(Cc2ccc(CNC(=O)CC(NC(N)=O)c3cccs3)cc2)C1. The lowest BCUT2D eigenvalue weighted by atomic mass is 9.91.